The predicted molar refractivity (Wildman–Crippen MR) is 100 cm³/mol. The van der Waals surface area contributed by atoms with Gasteiger partial charge in [0.2, 0.25) is 5.91 Å². The highest BCUT2D eigenvalue weighted by Gasteiger charge is 2.22. The van der Waals surface area contributed by atoms with Gasteiger partial charge in [0.05, 0.1) is 12.6 Å². The maximum atomic E-state index is 12.6. The van der Waals surface area contributed by atoms with Gasteiger partial charge in [-0.1, -0.05) is 55.7 Å². The van der Waals surface area contributed by atoms with Crippen molar-refractivity contribution in [3.8, 4) is 0 Å². The van der Waals surface area contributed by atoms with Gasteiger partial charge in [-0.15, -0.1) is 11.3 Å². The van der Waals surface area contributed by atoms with Crippen molar-refractivity contribution in [1.29, 1.82) is 0 Å². The molecule has 0 spiro atoms. The molecule has 1 aromatic heterocycles. The summed E-state index contributed by atoms with van der Waals surface area (Å²) >= 11 is 1.69. The van der Waals surface area contributed by atoms with Gasteiger partial charge in [-0.2, -0.15) is 0 Å². The van der Waals surface area contributed by atoms with Gasteiger partial charge in [0.25, 0.3) is 0 Å². The zero-order chi connectivity index (χ0) is 16.8. The standard InChI is InChI=1S/C20H26N2OS/c1-22(17-11-6-3-7-12-17)15-19(23)21-20(18-13-8-14-24-18)16-9-4-2-5-10-16/h2,4-5,8-10,13-14,17,20H,3,6-7,11-12,15H2,1H3,(H,21,23). The third-order valence-corrected chi connectivity index (χ3v) is 5.79. The minimum atomic E-state index is -0.0570. The molecule has 3 rings (SSSR count). The van der Waals surface area contributed by atoms with Crippen LogP contribution in [0.4, 0.5) is 0 Å². The summed E-state index contributed by atoms with van der Waals surface area (Å²) < 4.78 is 0. The van der Waals surface area contributed by atoms with Crippen molar-refractivity contribution in [3.63, 3.8) is 0 Å². The normalized spacial score (nSPS) is 16.9. The van der Waals surface area contributed by atoms with Crippen LogP contribution in [0.1, 0.15) is 48.6 Å². The van der Waals surface area contributed by atoms with Crippen LogP contribution in [0.25, 0.3) is 0 Å². The second-order valence-corrected chi connectivity index (χ2v) is 7.61. The first kappa shape index (κ1) is 17.2. The van der Waals surface area contributed by atoms with Gasteiger partial charge in [-0.05, 0) is 36.9 Å². The zero-order valence-electron chi connectivity index (χ0n) is 14.3. The Morgan fingerprint density at radius 3 is 2.58 bits per heavy atom. The number of amides is 1. The van der Waals surface area contributed by atoms with E-state index in [2.05, 4.69) is 40.8 Å². The fourth-order valence-corrected chi connectivity index (χ4v) is 4.31. The Labute approximate surface area is 148 Å². The summed E-state index contributed by atoms with van der Waals surface area (Å²) in [5, 5.41) is 5.30. The summed E-state index contributed by atoms with van der Waals surface area (Å²) in [7, 11) is 2.08. The quantitative estimate of drug-likeness (QED) is 0.852. The molecule has 1 amide bonds. The molecule has 0 aliphatic heterocycles. The van der Waals surface area contributed by atoms with E-state index in [0.717, 1.165) is 5.56 Å². The van der Waals surface area contributed by atoms with Crippen molar-refractivity contribution >= 4 is 17.2 Å². The van der Waals surface area contributed by atoms with Crippen LogP contribution in [0.3, 0.4) is 0 Å². The first-order chi connectivity index (χ1) is 11.7. The molecule has 128 valence electrons. The Hall–Kier alpha value is -1.65. The topological polar surface area (TPSA) is 32.3 Å². The summed E-state index contributed by atoms with van der Waals surface area (Å²) in [5.74, 6) is 0.102. The minimum Gasteiger partial charge on any atom is -0.343 e. The van der Waals surface area contributed by atoms with Gasteiger partial charge >= 0.3 is 0 Å². The second kappa shape index (κ2) is 8.45. The maximum Gasteiger partial charge on any atom is 0.234 e. The molecule has 1 fully saturated rings. The predicted octanol–water partition coefficient (Wildman–Crippen LogP) is 4.22. The molecule has 4 heteroatoms. The summed E-state index contributed by atoms with van der Waals surface area (Å²) in [5.41, 5.74) is 1.13. The molecule has 1 unspecified atom stereocenters. The number of hydrogen-bond donors (Lipinski definition) is 1. The molecule has 2 aromatic rings. The van der Waals surface area contributed by atoms with Crippen molar-refractivity contribution in [2.75, 3.05) is 13.6 Å². The highest BCUT2D eigenvalue weighted by molar-refractivity contribution is 7.10. The molecule has 0 saturated heterocycles. The van der Waals surface area contributed by atoms with E-state index in [4.69, 9.17) is 0 Å². The molecule has 1 aliphatic carbocycles. The summed E-state index contributed by atoms with van der Waals surface area (Å²) in [6, 6.07) is 14.8. The van der Waals surface area contributed by atoms with Crippen LogP contribution in [0, 0.1) is 0 Å². The molecule has 1 heterocycles. The molecule has 1 N–H and O–H groups in total. The van der Waals surface area contributed by atoms with Crippen molar-refractivity contribution in [3.05, 3.63) is 58.3 Å². The first-order valence-corrected chi connectivity index (χ1v) is 9.70. The molecule has 1 atom stereocenters. The lowest BCUT2D eigenvalue weighted by atomic mass is 9.94. The number of thiophene rings is 1. The van der Waals surface area contributed by atoms with Gasteiger partial charge in [0, 0.05) is 10.9 Å². The highest BCUT2D eigenvalue weighted by atomic mass is 32.1. The monoisotopic (exact) mass is 342 g/mol. The van der Waals surface area contributed by atoms with Crippen LogP contribution in [0.2, 0.25) is 0 Å². The highest BCUT2D eigenvalue weighted by Crippen LogP contribution is 2.26. The van der Waals surface area contributed by atoms with Crippen LogP contribution in [-0.4, -0.2) is 30.4 Å². The molecular formula is C20H26N2OS. The average Bonchev–Trinajstić information content (AvgIpc) is 3.15. The van der Waals surface area contributed by atoms with E-state index < -0.39 is 0 Å². The molecule has 3 nitrogen and oxygen atoms in total. The summed E-state index contributed by atoms with van der Waals surface area (Å²) in [4.78, 5) is 16.0. The van der Waals surface area contributed by atoms with Gasteiger partial charge in [-0.3, -0.25) is 9.69 Å². The Morgan fingerprint density at radius 1 is 1.17 bits per heavy atom. The lowest BCUT2D eigenvalue weighted by Gasteiger charge is -2.31. The van der Waals surface area contributed by atoms with Gasteiger partial charge in [0.1, 0.15) is 0 Å². The number of nitrogens with one attached hydrogen (secondary N) is 1. The molecule has 0 bridgehead atoms. The summed E-state index contributed by atoms with van der Waals surface area (Å²) in [6.07, 6.45) is 6.36. The number of hydrogen-bond acceptors (Lipinski definition) is 3. The van der Waals surface area contributed by atoms with E-state index in [1.54, 1.807) is 11.3 Å². The van der Waals surface area contributed by atoms with E-state index in [-0.39, 0.29) is 11.9 Å². The molecule has 1 aromatic carbocycles. The average molecular weight is 343 g/mol. The smallest absolute Gasteiger partial charge is 0.234 e. The number of rotatable bonds is 6. The third kappa shape index (κ3) is 4.46. The van der Waals surface area contributed by atoms with E-state index in [1.807, 2.05) is 24.3 Å². The molecule has 1 saturated carbocycles. The zero-order valence-corrected chi connectivity index (χ0v) is 15.1. The Bertz CT molecular complexity index is 620. The van der Waals surface area contributed by atoms with Crippen LogP contribution >= 0.6 is 11.3 Å². The number of carbonyl (C=O) groups is 1. The number of carbonyl (C=O) groups excluding carboxylic acids is 1. The fraction of sp³-hybridized carbons (Fsp3) is 0.450. The Kier molecular flexibility index (Phi) is 6.05. The number of nitrogens with zero attached hydrogens (tertiary/aromatic N) is 1. The van der Waals surface area contributed by atoms with Crippen LogP contribution in [0.5, 0.6) is 0 Å². The van der Waals surface area contributed by atoms with E-state index in [0.29, 0.717) is 12.6 Å². The van der Waals surface area contributed by atoms with Crippen LogP contribution in [0.15, 0.2) is 47.8 Å². The summed E-state index contributed by atoms with van der Waals surface area (Å²) in [6.45, 7) is 0.472. The van der Waals surface area contributed by atoms with Gasteiger partial charge in [-0.25, -0.2) is 0 Å². The third-order valence-electron chi connectivity index (χ3n) is 4.86. The van der Waals surface area contributed by atoms with Crippen molar-refractivity contribution < 1.29 is 4.79 Å². The van der Waals surface area contributed by atoms with E-state index in [1.165, 1.54) is 37.0 Å². The molecule has 1 aliphatic rings. The number of likely N-dealkylation sites (N-methyl/N-ethyl adjacent to an activating group) is 1. The Balaban J connectivity index is 1.65. The van der Waals surface area contributed by atoms with Crippen LogP contribution < -0.4 is 5.32 Å². The van der Waals surface area contributed by atoms with E-state index >= 15 is 0 Å². The van der Waals surface area contributed by atoms with Gasteiger partial charge < -0.3 is 5.32 Å². The number of benzene rings is 1. The van der Waals surface area contributed by atoms with Crippen molar-refractivity contribution in [2.24, 2.45) is 0 Å². The SMILES string of the molecule is CN(CC(=O)NC(c1ccccc1)c1cccs1)C1CCCCC1. The van der Waals surface area contributed by atoms with Gasteiger partial charge in [0.15, 0.2) is 0 Å². The molecule has 0 radical (unpaired) electrons. The first-order valence-electron chi connectivity index (χ1n) is 8.82. The maximum absolute atomic E-state index is 12.6. The largest absolute Gasteiger partial charge is 0.343 e. The van der Waals surface area contributed by atoms with Crippen LogP contribution in [-0.2, 0) is 4.79 Å². The second-order valence-electron chi connectivity index (χ2n) is 6.63. The van der Waals surface area contributed by atoms with E-state index in [9.17, 15) is 4.79 Å². The van der Waals surface area contributed by atoms with Crippen molar-refractivity contribution in [1.82, 2.24) is 10.2 Å². The fourth-order valence-electron chi connectivity index (χ4n) is 3.50. The lowest BCUT2D eigenvalue weighted by Crippen LogP contribution is -2.42. The molecular weight excluding hydrogens is 316 g/mol. The minimum absolute atomic E-state index is 0.0570. The Morgan fingerprint density at radius 2 is 1.92 bits per heavy atom. The molecule has 24 heavy (non-hydrogen) atoms. The lowest BCUT2D eigenvalue weighted by molar-refractivity contribution is -0.123. The van der Waals surface area contributed by atoms with Crippen molar-refractivity contribution in [2.45, 2.75) is 44.2 Å².